The number of thiazole rings is 1. The summed E-state index contributed by atoms with van der Waals surface area (Å²) in [5.74, 6) is -3.51. The number of hydrogen-bond donors (Lipinski definition) is 6. The quantitative estimate of drug-likeness (QED) is 0.0289. The molecule has 4 saturated carbocycles. The zero-order valence-corrected chi connectivity index (χ0v) is 51.3. The van der Waals surface area contributed by atoms with Gasteiger partial charge in [0.2, 0.25) is 12.2 Å². The molecule has 6 N–H and O–H groups in total. The standard InChI is InChI=1S/C63H71N11O16S/c1-37-42(41-10-11-48(69-53(41)57(82)83)71-16-17-72-36-66-54(44(72)26-71)55(79)70-58-68-43-6-4-5-7-47(43)91-58)25-67-74(37)35-62-30-60(2)29-61(3,31-62)33-63(32-60,34-62)88-19-15-65-59(84)87-28-38-8-9-40(89-52-23-39(75)22-46(90-52)56(80)81)24-45(38)86-21-20-85-18-14-64-49(76)27-73-50(77)12-13-51(73)78/h4-13,24-25,36,39,46,52,75H,14-23,26-35H2,1-3H3,(H,64,76)(H,65,84)(H,80,81)(H,82,83)(H,68,70,79)/t39-,46-,52+,60?,61?,62?,63?/m0/s1. The number of aliphatic hydroxyl groups excluding tert-OH is 1. The number of benzene rings is 2. The van der Waals surface area contributed by atoms with Crippen LogP contribution in [0.15, 0.2) is 79.3 Å². The highest BCUT2D eigenvalue weighted by atomic mass is 32.1. The van der Waals surface area contributed by atoms with E-state index in [2.05, 4.69) is 39.8 Å². The Morgan fingerprint density at radius 3 is 2.38 bits per heavy atom. The van der Waals surface area contributed by atoms with E-state index in [1.54, 1.807) is 30.7 Å². The maximum absolute atomic E-state index is 13.6. The number of pyridine rings is 1. The number of anilines is 2. The molecular weight excluding hydrogens is 1200 g/mol. The van der Waals surface area contributed by atoms with Gasteiger partial charge in [-0.1, -0.05) is 37.3 Å². The maximum Gasteiger partial charge on any atom is 0.407 e. The molecule has 91 heavy (non-hydrogen) atoms. The van der Waals surface area contributed by atoms with Gasteiger partial charge < -0.3 is 63.8 Å². The summed E-state index contributed by atoms with van der Waals surface area (Å²) in [6.07, 6.45) is 7.01. The van der Waals surface area contributed by atoms with Crippen LogP contribution in [0.25, 0.3) is 21.3 Å². The molecule has 6 aromatic rings. The van der Waals surface area contributed by atoms with Crippen molar-refractivity contribution in [3.05, 3.63) is 108 Å². The molecule has 1 saturated heterocycles. The number of rotatable bonds is 25. The number of para-hydroxylation sites is 1. The number of carbonyl (C=O) groups is 7. The number of aliphatic hydroxyl groups is 1. The normalized spacial score (nSPS) is 24.8. The molecule has 4 aliphatic carbocycles. The zero-order chi connectivity index (χ0) is 63.8. The van der Waals surface area contributed by atoms with Gasteiger partial charge in [-0.2, -0.15) is 5.10 Å². The first kappa shape index (κ1) is 62.4. The molecule has 5 atom stereocenters. The van der Waals surface area contributed by atoms with Crippen molar-refractivity contribution in [2.24, 2.45) is 16.2 Å². The lowest BCUT2D eigenvalue weighted by molar-refractivity contribution is -0.247. The molecule has 28 heteroatoms. The number of carboxylic acid groups (broad SMARTS) is 2. The van der Waals surface area contributed by atoms with Crippen LogP contribution in [0.2, 0.25) is 0 Å². The first-order valence-electron chi connectivity index (χ1n) is 30.3. The van der Waals surface area contributed by atoms with Crippen molar-refractivity contribution in [3.8, 4) is 22.6 Å². The second-order valence-electron chi connectivity index (χ2n) is 25.3. The van der Waals surface area contributed by atoms with Crippen LogP contribution in [0.5, 0.6) is 11.5 Å². The average molecular weight is 1270 g/mol. The molecule has 5 fully saturated rings. The third-order valence-corrected chi connectivity index (χ3v) is 18.8. The number of nitrogens with zero attached hydrogens (tertiary/aromatic N) is 8. The number of imidazole rings is 1. The van der Waals surface area contributed by atoms with Gasteiger partial charge >= 0.3 is 18.0 Å². The molecule has 7 heterocycles. The highest BCUT2D eigenvalue weighted by Gasteiger charge is 2.66. The number of hydrogen-bond acceptors (Lipinski definition) is 20. The number of aliphatic carboxylic acids is 1. The molecule has 13 rings (SSSR count). The summed E-state index contributed by atoms with van der Waals surface area (Å²) in [4.78, 5) is 104. The van der Waals surface area contributed by atoms with Crippen molar-refractivity contribution < 1.29 is 77.3 Å². The number of aromatic carboxylic acids is 1. The monoisotopic (exact) mass is 1270 g/mol. The number of amides is 5. The minimum atomic E-state index is -1.26. The molecule has 4 aromatic heterocycles. The van der Waals surface area contributed by atoms with Crippen molar-refractivity contribution in [1.29, 1.82) is 0 Å². The predicted molar refractivity (Wildman–Crippen MR) is 325 cm³/mol. The number of imide groups is 1. The number of ether oxygens (including phenoxy) is 6. The van der Waals surface area contributed by atoms with Gasteiger partial charge in [-0.3, -0.25) is 34.1 Å². The third-order valence-electron chi connectivity index (χ3n) is 17.8. The Morgan fingerprint density at radius 2 is 1.62 bits per heavy atom. The van der Waals surface area contributed by atoms with Crippen molar-refractivity contribution in [1.82, 2.24) is 44.8 Å². The van der Waals surface area contributed by atoms with Crippen molar-refractivity contribution in [3.63, 3.8) is 0 Å². The van der Waals surface area contributed by atoms with Crippen LogP contribution < -0.4 is 30.3 Å². The average Bonchev–Trinajstić information content (AvgIpc) is 0.794. The molecule has 0 radical (unpaired) electrons. The molecule has 2 aromatic carbocycles. The van der Waals surface area contributed by atoms with Gasteiger partial charge in [0, 0.05) is 86.2 Å². The van der Waals surface area contributed by atoms with E-state index in [0.29, 0.717) is 53.0 Å². The highest BCUT2D eigenvalue weighted by Crippen LogP contribution is 2.72. The van der Waals surface area contributed by atoms with Crippen molar-refractivity contribution >= 4 is 74.2 Å². The molecule has 5 amide bonds. The van der Waals surface area contributed by atoms with E-state index >= 15 is 0 Å². The lowest BCUT2D eigenvalue weighted by atomic mass is 9.39. The van der Waals surface area contributed by atoms with Gasteiger partial charge in [0.05, 0.1) is 66.5 Å². The van der Waals surface area contributed by atoms with Crippen LogP contribution in [0.3, 0.4) is 0 Å². The topological polar surface area (TPSA) is 340 Å². The SMILES string of the molecule is Cc1c(-c2ccc(N3CCn4cnc(C(=O)Nc5nc6ccccc6s5)c4C3)nc2C(=O)O)cnn1CC12CC3(C)CC(C)(C1)CC(OCCNC(=O)OCc1ccc(O[C@H]4C[C@@H](O)C[C@@H](C(=O)O)O4)cc1OCCOCCNC(=O)CN1C(=O)C=CC1=O)(C3)C2. The van der Waals surface area contributed by atoms with Crippen LogP contribution in [0, 0.1) is 23.2 Å². The molecular formula is C63H71N11O16S. The molecule has 0 spiro atoms. The number of aromatic nitrogens is 6. The fourth-order valence-electron chi connectivity index (χ4n) is 15.2. The third kappa shape index (κ3) is 13.8. The summed E-state index contributed by atoms with van der Waals surface area (Å²) in [5.41, 5.74) is 3.33. The molecule has 480 valence electrons. The van der Waals surface area contributed by atoms with E-state index in [-0.39, 0.29) is 111 Å². The fraction of sp³-hybridized carbons (Fsp3) is 0.476. The van der Waals surface area contributed by atoms with E-state index in [0.717, 1.165) is 71.5 Å². The van der Waals surface area contributed by atoms with Gasteiger partial charge in [0.15, 0.2) is 22.6 Å². The Morgan fingerprint density at radius 1 is 0.835 bits per heavy atom. The van der Waals surface area contributed by atoms with E-state index in [1.165, 1.54) is 17.4 Å². The molecule has 7 aliphatic rings. The van der Waals surface area contributed by atoms with E-state index in [1.807, 2.05) is 51.4 Å². The lowest BCUT2D eigenvalue weighted by Crippen LogP contribution is -2.64. The summed E-state index contributed by atoms with van der Waals surface area (Å²) in [6, 6.07) is 16.0. The summed E-state index contributed by atoms with van der Waals surface area (Å²) < 4.78 is 40.6. The fourth-order valence-corrected chi connectivity index (χ4v) is 16.0. The van der Waals surface area contributed by atoms with Crippen LogP contribution in [-0.2, 0) is 64.4 Å². The Bertz CT molecular complexity index is 3790. The predicted octanol–water partition coefficient (Wildman–Crippen LogP) is 5.86. The largest absolute Gasteiger partial charge is 0.491 e. The maximum atomic E-state index is 13.6. The molecule has 2 unspecified atom stereocenters. The second kappa shape index (κ2) is 25.5. The van der Waals surface area contributed by atoms with Crippen LogP contribution in [0.1, 0.15) is 103 Å². The summed E-state index contributed by atoms with van der Waals surface area (Å²) in [5, 5.41) is 44.2. The van der Waals surface area contributed by atoms with Gasteiger partial charge in [-0.25, -0.2) is 29.3 Å². The van der Waals surface area contributed by atoms with Gasteiger partial charge in [-0.05, 0) is 98.1 Å². The lowest BCUT2D eigenvalue weighted by Gasteiger charge is -2.69. The number of alkyl carbamates (subject to hydrolysis) is 1. The van der Waals surface area contributed by atoms with Crippen LogP contribution >= 0.6 is 11.3 Å². The van der Waals surface area contributed by atoms with E-state index in [4.69, 9.17) is 38.5 Å². The number of nitrogens with one attached hydrogen (secondary N) is 3. The summed E-state index contributed by atoms with van der Waals surface area (Å²) >= 11 is 1.38. The minimum absolute atomic E-state index is 0.00940. The highest BCUT2D eigenvalue weighted by molar-refractivity contribution is 7.22. The first-order chi connectivity index (χ1) is 43.6. The second-order valence-corrected chi connectivity index (χ2v) is 26.3. The minimum Gasteiger partial charge on any atom is -0.491 e. The van der Waals surface area contributed by atoms with Gasteiger partial charge in [-0.15, -0.1) is 0 Å². The van der Waals surface area contributed by atoms with Crippen molar-refractivity contribution in [2.75, 3.05) is 62.8 Å². The van der Waals surface area contributed by atoms with Gasteiger partial charge in [0.1, 0.15) is 37.1 Å². The summed E-state index contributed by atoms with van der Waals surface area (Å²) in [6.45, 7) is 8.58. The van der Waals surface area contributed by atoms with Crippen molar-refractivity contribution in [2.45, 2.75) is 122 Å². The first-order valence-corrected chi connectivity index (χ1v) is 31.1. The molecule has 4 bridgehead atoms. The Balaban J connectivity index is 0.652. The number of carbonyl (C=O) groups excluding carboxylic acids is 5. The molecule has 3 aliphatic heterocycles. The Labute approximate surface area is 526 Å². The number of carboxylic acids is 2. The summed E-state index contributed by atoms with van der Waals surface area (Å²) in [7, 11) is 0. The van der Waals surface area contributed by atoms with E-state index < -0.39 is 66.4 Å². The Kier molecular flexibility index (Phi) is 17.4. The van der Waals surface area contributed by atoms with E-state index in [9.17, 15) is 48.9 Å². The van der Waals surface area contributed by atoms with Crippen LogP contribution in [-0.4, -0.2) is 168 Å². The smallest absolute Gasteiger partial charge is 0.407 e. The zero-order valence-electron chi connectivity index (χ0n) is 50.5. The van der Waals surface area contributed by atoms with Crippen LogP contribution in [0.4, 0.5) is 15.7 Å². The number of fused-ring (bicyclic) bond motifs is 2. The van der Waals surface area contributed by atoms with Gasteiger partial charge in [0.25, 0.3) is 17.7 Å². The molecule has 27 nitrogen and oxygen atoms in total. The Hall–Kier alpha value is -8.83.